The van der Waals surface area contributed by atoms with Crippen LogP contribution >= 0.6 is 27.5 Å². The molecule has 0 amide bonds. The number of carbonyl (C=O) groups excluding carboxylic acids is 1. The van der Waals surface area contributed by atoms with E-state index in [0.29, 0.717) is 0 Å². The summed E-state index contributed by atoms with van der Waals surface area (Å²) in [6, 6.07) is 1.16. The highest BCUT2D eigenvalue weighted by atomic mass is 79.9. The van der Waals surface area contributed by atoms with Crippen LogP contribution in [-0.2, 0) is 16.0 Å². The molecular weight excluding hydrogens is 319 g/mol. The van der Waals surface area contributed by atoms with Crippen LogP contribution in [0.5, 0.6) is 0 Å². The molecule has 7 heteroatoms. The van der Waals surface area contributed by atoms with Crippen LogP contribution in [0.2, 0.25) is 5.15 Å². The lowest BCUT2D eigenvalue weighted by atomic mass is 10.1. The van der Waals surface area contributed by atoms with Crippen LogP contribution in [-0.4, -0.2) is 17.6 Å². The van der Waals surface area contributed by atoms with Crippen molar-refractivity contribution in [2.75, 3.05) is 6.61 Å². The van der Waals surface area contributed by atoms with Gasteiger partial charge in [0.2, 0.25) is 0 Å². The molecule has 3 nitrogen and oxygen atoms in total. The van der Waals surface area contributed by atoms with Crippen molar-refractivity contribution in [3.05, 3.63) is 26.9 Å². The first kappa shape index (κ1) is 14.3. The quantitative estimate of drug-likeness (QED) is 0.627. The van der Waals surface area contributed by atoms with Gasteiger partial charge in [-0.25, -0.2) is 13.8 Å². The van der Waals surface area contributed by atoms with Crippen molar-refractivity contribution >= 4 is 33.5 Å². The molecule has 0 bridgehead atoms. The van der Waals surface area contributed by atoms with Crippen LogP contribution in [0.3, 0.4) is 0 Å². The maximum absolute atomic E-state index is 12.7. The maximum atomic E-state index is 12.7. The molecule has 0 aromatic carbocycles. The molecule has 1 heterocycles. The fraction of sp³-hybridized carbons (Fsp3) is 0.400. The van der Waals surface area contributed by atoms with Crippen LogP contribution < -0.4 is 0 Å². The Morgan fingerprint density at radius 3 is 2.82 bits per heavy atom. The monoisotopic (exact) mass is 327 g/mol. The first-order chi connectivity index (χ1) is 7.95. The van der Waals surface area contributed by atoms with Crippen molar-refractivity contribution < 1.29 is 18.3 Å². The van der Waals surface area contributed by atoms with Crippen LogP contribution in [0.25, 0.3) is 0 Å². The van der Waals surface area contributed by atoms with Crippen LogP contribution in [0.15, 0.2) is 10.5 Å². The van der Waals surface area contributed by atoms with E-state index in [0.717, 1.165) is 6.07 Å². The third-order valence-electron chi connectivity index (χ3n) is 1.90. The summed E-state index contributed by atoms with van der Waals surface area (Å²) in [6.45, 7) is 1.82. The van der Waals surface area contributed by atoms with Crippen molar-refractivity contribution in [3.8, 4) is 0 Å². The lowest BCUT2D eigenvalue weighted by Crippen LogP contribution is -2.11. The summed E-state index contributed by atoms with van der Waals surface area (Å²) in [5.41, 5.74) is -0.388. The van der Waals surface area contributed by atoms with Crippen molar-refractivity contribution in [2.24, 2.45) is 0 Å². The molecule has 0 aliphatic heterocycles. The van der Waals surface area contributed by atoms with Crippen molar-refractivity contribution in [1.29, 1.82) is 0 Å². The normalized spacial score (nSPS) is 10.7. The van der Waals surface area contributed by atoms with E-state index in [9.17, 15) is 13.6 Å². The minimum absolute atomic E-state index is 0.0358. The number of hydrogen-bond acceptors (Lipinski definition) is 3. The number of rotatable bonds is 4. The number of esters is 1. The minimum Gasteiger partial charge on any atom is -0.466 e. The Balaban J connectivity index is 3.04. The van der Waals surface area contributed by atoms with E-state index in [1.54, 1.807) is 6.92 Å². The number of ether oxygens (including phenoxy) is 1. The predicted molar refractivity (Wildman–Crippen MR) is 62.2 cm³/mol. The van der Waals surface area contributed by atoms with Crippen LogP contribution in [0, 0.1) is 0 Å². The minimum atomic E-state index is -2.72. The van der Waals surface area contributed by atoms with Gasteiger partial charge in [0.15, 0.2) is 0 Å². The van der Waals surface area contributed by atoms with Gasteiger partial charge in [0.25, 0.3) is 6.43 Å². The molecule has 1 aromatic heterocycles. The van der Waals surface area contributed by atoms with Gasteiger partial charge in [-0.05, 0) is 28.9 Å². The highest BCUT2D eigenvalue weighted by molar-refractivity contribution is 9.10. The highest BCUT2D eigenvalue weighted by Gasteiger charge is 2.19. The second-order valence-electron chi connectivity index (χ2n) is 3.08. The molecule has 0 saturated carbocycles. The predicted octanol–water partition coefficient (Wildman–Crippen LogP) is 3.54. The summed E-state index contributed by atoms with van der Waals surface area (Å²) in [5.74, 6) is -0.611. The van der Waals surface area contributed by atoms with Gasteiger partial charge in [0.1, 0.15) is 5.15 Å². The Hall–Kier alpha value is -0.750. The second kappa shape index (κ2) is 6.26. The summed E-state index contributed by atoms with van der Waals surface area (Å²) in [5, 5.41) is 0.0358. The summed E-state index contributed by atoms with van der Waals surface area (Å²) < 4.78 is 30.4. The van der Waals surface area contributed by atoms with Gasteiger partial charge in [0, 0.05) is 5.56 Å². The van der Waals surface area contributed by atoms with Gasteiger partial charge in [-0.3, -0.25) is 4.79 Å². The largest absolute Gasteiger partial charge is 0.466 e. The highest BCUT2D eigenvalue weighted by Crippen LogP contribution is 2.29. The zero-order valence-electron chi connectivity index (χ0n) is 8.84. The number of hydrogen-bond donors (Lipinski definition) is 0. The van der Waals surface area contributed by atoms with Crippen molar-refractivity contribution in [2.45, 2.75) is 19.8 Å². The molecule has 17 heavy (non-hydrogen) atoms. The Kier molecular flexibility index (Phi) is 5.27. The molecule has 1 aromatic rings. The molecule has 0 aliphatic rings. The molecule has 0 saturated heterocycles. The summed E-state index contributed by atoms with van der Waals surface area (Å²) >= 11 is 8.70. The Bertz CT molecular complexity index is 429. The van der Waals surface area contributed by atoms with Gasteiger partial charge in [-0.15, -0.1) is 0 Å². The third kappa shape index (κ3) is 3.89. The molecule has 0 atom stereocenters. The number of pyridine rings is 1. The Morgan fingerprint density at radius 1 is 1.65 bits per heavy atom. The average Bonchev–Trinajstić information content (AvgIpc) is 2.23. The van der Waals surface area contributed by atoms with E-state index in [-0.39, 0.29) is 33.9 Å². The standard InChI is InChI=1S/C10H9BrClF2NO2/c1-2-17-8(16)4-7-5(10(13)14)3-6(11)9(12)15-7/h3,10H,2,4H2,1H3. The smallest absolute Gasteiger partial charge is 0.311 e. The van der Waals surface area contributed by atoms with Crippen molar-refractivity contribution in [1.82, 2.24) is 4.98 Å². The Labute approximate surface area is 110 Å². The zero-order valence-corrected chi connectivity index (χ0v) is 11.2. The van der Waals surface area contributed by atoms with Gasteiger partial charge in [-0.2, -0.15) is 0 Å². The molecule has 0 aliphatic carbocycles. The van der Waals surface area contributed by atoms with E-state index in [4.69, 9.17) is 11.6 Å². The van der Waals surface area contributed by atoms with Crippen molar-refractivity contribution in [3.63, 3.8) is 0 Å². The van der Waals surface area contributed by atoms with E-state index < -0.39 is 12.4 Å². The number of nitrogens with zero attached hydrogens (tertiary/aromatic N) is 1. The number of halogens is 4. The lowest BCUT2D eigenvalue weighted by molar-refractivity contribution is -0.142. The summed E-state index contributed by atoms with van der Waals surface area (Å²) in [4.78, 5) is 15.0. The lowest BCUT2D eigenvalue weighted by Gasteiger charge is -2.09. The van der Waals surface area contributed by atoms with E-state index in [1.807, 2.05) is 0 Å². The first-order valence-electron chi connectivity index (χ1n) is 4.74. The number of carbonyl (C=O) groups is 1. The fourth-order valence-corrected chi connectivity index (χ4v) is 1.69. The average molecular weight is 329 g/mol. The van der Waals surface area contributed by atoms with E-state index in [1.165, 1.54) is 0 Å². The zero-order chi connectivity index (χ0) is 13.0. The van der Waals surface area contributed by atoms with Crippen LogP contribution in [0.1, 0.15) is 24.6 Å². The molecule has 0 spiro atoms. The molecule has 94 valence electrons. The molecular formula is C10H9BrClF2NO2. The third-order valence-corrected chi connectivity index (χ3v) is 3.02. The number of aromatic nitrogens is 1. The number of alkyl halides is 2. The maximum Gasteiger partial charge on any atom is 0.311 e. The van der Waals surface area contributed by atoms with E-state index in [2.05, 4.69) is 25.7 Å². The van der Waals surface area contributed by atoms with E-state index >= 15 is 0 Å². The molecule has 0 N–H and O–H groups in total. The molecule has 1 rings (SSSR count). The molecule has 0 radical (unpaired) electrons. The van der Waals surface area contributed by atoms with Gasteiger partial charge >= 0.3 is 5.97 Å². The summed E-state index contributed by atoms with van der Waals surface area (Å²) in [7, 11) is 0. The molecule has 0 unspecified atom stereocenters. The summed E-state index contributed by atoms with van der Waals surface area (Å²) in [6.07, 6.45) is -3.04. The van der Waals surface area contributed by atoms with Gasteiger partial charge in [0.05, 0.1) is 23.2 Å². The topological polar surface area (TPSA) is 39.2 Å². The Morgan fingerprint density at radius 2 is 2.29 bits per heavy atom. The molecule has 0 fully saturated rings. The first-order valence-corrected chi connectivity index (χ1v) is 5.91. The van der Waals surface area contributed by atoms with Gasteiger partial charge < -0.3 is 4.74 Å². The van der Waals surface area contributed by atoms with Gasteiger partial charge in [-0.1, -0.05) is 11.6 Å². The van der Waals surface area contributed by atoms with Crippen LogP contribution in [0.4, 0.5) is 8.78 Å². The second-order valence-corrected chi connectivity index (χ2v) is 4.29. The fourth-order valence-electron chi connectivity index (χ4n) is 1.20. The SMILES string of the molecule is CCOC(=O)Cc1nc(Cl)c(Br)cc1C(F)F.